The van der Waals surface area contributed by atoms with Crippen LogP contribution < -0.4 is 10.5 Å². The van der Waals surface area contributed by atoms with Gasteiger partial charge in [-0.15, -0.1) is 0 Å². The average molecular weight is 274 g/mol. The molecule has 0 heterocycles. The van der Waals surface area contributed by atoms with Crippen LogP contribution in [0.1, 0.15) is 27.2 Å². The second kappa shape index (κ2) is 5.67. The van der Waals surface area contributed by atoms with Gasteiger partial charge in [0, 0.05) is 6.04 Å². The second-order valence-corrected chi connectivity index (χ2v) is 6.24. The minimum Gasteiger partial charge on any atom is -0.398 e. The summed E-state index contributed by atoms with van der Waals surface area (Å²) in [7, 11) is -3.71. The van der Waals surface area contributed by atoms with Gasteiger partial charge in [0.2, 0.25) is 10.0 Å². The Hall–Kier alpha value is -1.14. The van der Waals surface area contributed by atoms with Crippen molar-refractivity contribution >= 4 is 15.7 Å². The molecule has 0 bridgehead atoms. The molecule has 6 heteroatoms. The molecule has 4 nitrogen and oxygen atoms in total. The maximum Gasteiger partial charge on any atom is 0.242 e. The van der Waals surface area contributed by atoms with Gasteiger partial charge in [-0.2, -0.15) is 0 Å². The Balaban J connectivity index is 3.06. The SMILES string of the molecule is CCC(NS(=O)(=O)c1ccc(F)cc1N)C(C)C. The zero-order valence-corrected chi connectivity index (χ0v) is 11.6. The molecular formula is C12H19FN2O2S. The first-order valence-electron chi connectivity index (χ1n) is 5.85. The highest BCUT2D eigenvalue weighted by molar-refractivity contribution is 7.89. The lowest BCUT2D eigenvalue weighted by molar-refractivity contribution is 0.437. The predicted molar refractivity (Wildman–Crippen MR) is 70.1 cm³/mol. The van der Waals surface area contributed by atoms with Crippen LogP contribution in [0.3, 0.4) is 0 Å². The first kappa shape index (κ1) is 14.9. The van der Waals surface area contributed by atoms with Crippen LogP contribution in [-0.2, 0) is 10.0 Å². The number of anilines is 1. The zero-order valence-electron chi connectivity index (χ0n) is 10.8. The summed E-state index contributed by atoms with van der Waals surface area (Å²) < 4.78 is 39.7. The van der Waals surface area contributed by atoms with Gasteiger partial charge >= 0.3 is 0 Å². The van der Waals surface area contributed by atoms with Crippen LogP contribution in [0.4, 0.5) is 10.1 Å². The summed E-state index contributed by atoms with van der Waals surface area (Å²) >= 11 is 0. The molecule has 1 unspecified atom stereocenters. The van der Waals surface area contributed by atoms with Crippen LogP contribution in [0.5, 0.6) is 0 Å². The first-order chi connectivity index (χ1) is 8.27. The molecule has 1 aromatic rings. The maximum absolute atomic E-state index is 12.9. The smallest absolute Gasteiger partial charge is 0.242 e. The van der Waals surface area contributed by atoms with Crippen LogP contribution in [0.25, 0.3) is 0 Å². The summed E-state index contributed by atoms with van der Waals surface area (Å²) in [5.41, 5.74) is 5.46. The number of nitrogen functional groups attached to an aromatic ring is 1. The summed E-state index contributed by atoms with van der Waals surface area (Å²) in [4.78, 5) is -0.0806. The number of rotatable bonds is 5. The van der Waals surface area contributed by atoms with Crippen LogP contribution in [0, 0.1) is 11.7 Å². The fourth-order valence-corrected chi connectivity index (χ4v) is 3.30. The van der Waals surface area contributed by atoms with E-state index in [4.69, 9.17) is 5.73 Å². The number of hydrogen-bond donors (Lipinski definition) is 2. The van der Waals surface area contributed by atoms with Gasteiger partial charge < -0.3 is 5.73 Å². The molecule has 0 aromatic heterocycles. The van der Waals surface area contributed by atoms with Gasteiger partial charge in [0.1, 0.15) is 10.7 Å². The highest BCUT2D eigenvalue weighted by Crippen LogP contribution is 2.20. The minimum absolute atomic E-state index is 0.0806. The van der Waals surface area contributed by atoms with Crippen molar-refractivity contribution in [3.63, 3.8) is 0 Å². The van der Waals surface area contributed by atoms with Crippen LogP contribution in [-0.4, -0.2) is 14.5 Å². The first-order valence-corrected chi connectivity index (χ1v) is 7.33. The van der Waals surface area contributed by atoms with Crippen molar-refractivity contribution in [2.24, 2.45) is 5.92 Å². The molecule has 0 saturated heterocycles. The topological polar surface area (TPSA) is 72.2 Å². The van der Waals surface area contributed by atoms with E-state index in [1.54, 1.807) is 0 Å². The van der Waals surface area contributed by atoms with E-state index in [2.05, 4.69) is 4.72 Å². The molecule has 1 aromatic carbocycles. The third-order valence-corrected chi connectivity index (χ3v) is 4.38. The van der Waals surface area contributed by atoms with E-state index < -0.39 is 15.8 Å². The molecular weight excluding hydrogens is 255 g/mol. The van der Waals surface area contributed by atoms with Crippen molar-refractivity contribution < 1.29 is 12.8 Å². The molecule has 0 spiro atoms. The van der Waals surface area contributed by atoms with Gasteiger partial charge in [-0.1, -0.05) is 20.8 Å². The Morgan fingerprint density at radius 2 is 2.00 bits per heavy atom. The molecule has 0 fully saturated rings. The van der Waals surface area contributed by atoms with Crippen molar-refractivity contribution in [3.05, 3.63) is 24.0 Å². The highest BCUT2D eigenvalue weighted by Gasteiger charge is 2.23. The molecule has 0 saturated carbocycles. The van der Waals surface area contributed by atoms with E-state index in [1.807, 2.05) is 20.8 Å². The van der Waals surface area contributed by atoms with Gasteiger partial charge in [-0.25, -0.2) is 17.5 Å². The Bertz CT molecular complexity index is 515. The number of nitrogens with two attached hydrogens (primary N) is 1. The minimum atomic E-state index is -3.71. The summed E-state index contributed by atoms with van der Waals surface area (Å²) in [6, 6.07) is 3.10. The molecule has 18 heavy (non-hydrogen) atoms. The number of hydrogen-bond acceptors (Lipinski definition) is 3. The summed E-state index contributed by atoms with van der Waals surface area (Å²) in [5, 5.41) is 0. The standard InChI is InChI=1S/C12H19FN2O2S/c1-4-11(8(2)3)15-18(16,17)12-6-5-9(13)7-10(12)14/h5-8,11,15H,4,14H2,1-3H3. The summed E-state index contributed by atoms with van der Waals surface area (Å²) in [6.45, 7) is 5.77. The molecule has 0 aliphatic heterocycles. The molecule has 0 amide bonds. The Kier molecular flexibility index (Phi) is 4.70. The van der Waals surface area contributed by atoms with E-state index in [-0.39, 0.29) is 22.5 Å². The van der Waals surface area contributed by atoms with E-state index in [0.717, 1.165) is 12.1 Å². The molecule has 3 N–H and O–H groups in total. The fourth-order valence-electron chi connectivity index (χ4n) is 1.72. The van der Waals surface area contributed by atoms with Gasteiger partial charge in [0.05, 0.1) is 5.69 Å². The second-order valence-electron chi connectivity index (χ2n) is 4.56. The quantitative estimate of drug-likeness (QED) is 0.808. The maximum atomic E-state index is 12.9. The molecule has 102 valence electrons. The lowest BCUT2D eigenvalue weighted by atomic mass is 10.0. The highest BCUT2D eigenvalue weighted by atomic mass is 32.2. The largest absolute Gasteiger partial charge is 0.398 e. The van der Waals surface area contributed by atoms with Gasteiger partial charge in [-0.3, -0.25) is 0 Å². The number of nitrogens with one attached hydrogen (secondary N) is 1. The fraction of sp³-hybridized carbons (Fsp3) is 0.500. The van der Waals surface area contributed by atoms with Gasteiger partial charge in [-0.05, 0) is 30.5 Å². The molecule has 0 aliphatic carbocycles. The lowest BCUT2D eigenvalue weighted by Crippen LogP contribution is -2.38. The van der Waals surface area contributed by atoms with E-state index in [9.17, 15) is 12.8 Å². The molecule has 1 atom stereocenters. The normalized spacial score (nSPS) is 13.8. The Labute approximate surface area is 107 Å². The lowest BCUT2D eigenvalue weighted by Gasteiger charge is -2.21. The number of benzene rings is 1. The van der Waals surface area contributed by atoms with Crippen molar-refractivity contribution in [1.82, 2.24) is 4.72 Å². The van der Waals surface area contributed by atoms with E-state index in [0.29, 0.717) is 6.42 Å². The average Bonchev–Trinajstić information content (AvgIpc) is 2.24. The number of halogens is 1. The van der Waals surface area contributed by atoms with E-state index >= 15 is 0 Å². The van der Waals surface area contributed by atoms with Gasteiger partial charge in [0.15, 0.2) is 0 Å². The number of sulfonamides is 1. The Morgan fingerprint density at radius 1 is 1.39 bits per heavy atom. The zero-order chi connectivity index (χ0) is 13.9. The van der Waals surface area contributed by atoms with Crippen LogP contribution in [0.15, 0.2) is 23.1 Å². The molecule has 0 aliphatic rings. The van der Waals surface area contributed by atoms with Crippen molar-refractivity contribution in [3.8, 4) is 0 Å². The van der Waals surface area contributed by atoms with Crippen molar-refractivity contribution in [1.29, 1.82) is 0 Å². The molecule has 0 radical (unpaired) electrons. The summed E-state index contributed by atoms with van der Waals surface area (Å²) in [6.07, 6.45) is 0.679. The van der Waals surface area contributed by atoms with E-state index in [1.165, 1.54) is 6.07 Å². The molecule has 1 rings (SSSR count). The van der Waals surface area contributed by atoms with Crippen molar-refractivity contribution in [2.75, 3.05) is 5.73 Å². The third kappa shape index (κ3) is 3.43. The monoisotopic (exact) mass is 274 g/mol. The Morgan fingerprint density at radius 3 is 2.44 bits per heavy atom. The van der Waals surface area contributed by atoms with Crippen LogP contribution in [0.2, 0.25) is 0 Å². The third-order valence-electron chi connectivity index (χ3n) is 2.81. The summed E-state index contributed by atoms with van der Waals surface area (Å²) in [5.74, 6) is -0.381. The van der Waals surface area contributed by atoms with Gasteiger partial charge in [0.25, 0.3) is 0 Å². The van der Waals surface area contributed by atoms with Crippen LogP contribution >= 0.6 is 0 Å². The van der Waals surface area contributed by atoms with Crippen molar-refractivity contribution in [2.45, 2.75) is 38.1 Å². The predicted octanol–water partition coefficient (Wildman–Crippen LogP) is 2.12.